The Morgan fingerprint density at radius 1 is 1.41 bits per heavy atom. The van der Waals surface area contributed by atoms with Gasteiger partial charge in [0.1, 0.15) is 5.76 Å². The van der Waals surface area contributed by atoms with Crippen molar-refractivity contribution in [2.75, 3.05) is 0 Å². The molecule has 0 fully saturated rings. The Bertz CT molecular complexity index is 465. The highest BCUT2D eigenvalue weighted by Gasteiger charge is 2.10. The lowest BCUT2D eigenvalue weighted by Gasteiger charge is -2.12. The van der Waals surface area contributed by atoms with E-state index in [1.807, 2.05) is 19.1 Å². The Morgan fingerprint density at radius 3 is 2.82 bits per heavy atom. The van der Waals surface area contributed by atoms with Gasteiger partial charge in [-0.3, -0.25) is 9.78 Å². The molecule has 1 atom stereocenters. The van der Waals surface area contributed by atoms with Crippen LogP contribution in [-0.4, -0.2) is 16.9 Å². The lowest BCUT2D eigenvalue weighted by Crippen LogP contribution is -2.33. The van der Waals surface area contributed by atoms with Gasteiger partial charge in [-0.05, 0) is 31.2 Å². The van der Waals surface area contributed by atoms with E-state index in [9.17, 15) is 4.79 Å². The molecule has 0 radical (unpaired) electrons. The fraction of sp³-hybridized carbons (Fsp3) is 0.231. The normalized spacial score (nSPS) is 12.1. The molecule has 1 N–H and O–H groups in total. The summed E-state index contributed by atoms with van der Waals surface area (Å²) >= 11 is 0. The summed E-state index contributed by atoms with van der Waals surface area (Å²) in [6, 6.07) is 7.15. The standard InChI is InChI=1S/C13H14N2O2/c1-10(9-12-3-2-8-17-12)15-13(16)11-4-6-14-7-5-11/h2-8,10H,9H2,1H3,(H,15,16). The van der Waals surface area contributed by atoms with Crippen molar-refractivity contribution in [3.8, 4) is 0 Å². The zero-order valence-electron chi connectivity index (χ0n) is 9.59. The average molecular weight is 230 g/mol. The van der Waals surface area contributed by atoms with Crippen LogP contribution in [0.25, 0.3) is 0 Å². The minimum Gasteiger partial charge on any atom is -0.469 e. The molecule has 4 heteroatoms. The van der Waals surface area contributed by atoms with Crippen LogP contribution in [0.2, 0.25) is 0 Å². The second-order valence-corrected chi connectivity index (χ2v) is 3.89. The quantitative estimate of drug-likeness (QED) is 0.874. The SMILES string of the molecule is CC(Cc1ccco1)NC(=O)c1ccncc1. The molecule has 0 aliphatic rings. The molecular weight excluding hydrogens is 216 g/mol. The van der Waals surface area contributed by atoms with Gasteiger partial charge in [-0.2, -0.15) is 0 Å². The van der Waals surface area contributed by atoms with Crippen molar-refractivity contribution in [3.05, 3.63) is 54.2 Å². The van der Waals surface area contributed by atoms with Crippen LogP contribution in [0.3, 0.4) is 0 Å². The van der Waals surface area contributed by atoms with Crippen molar-refractivity contribution in [2.45, 2.75) is 19.4 Å². The summed E-state index contributed by atoms with van der Waals surface area (Å²) in [5, 5.41) is 2.91. The van der Waals surface area contributed by atoms with Gasteiger partial charge in [0.15, 0.2) is 0 Å². The molecule has 4 nitrogen and oxygen atoms in total. The molecule has 0 saturated carbocycles. The Balaban J connectivity index is 1.91. The van der Waals surface area contributed by atoms with Gasteiger partial charge in [0.25, 0.3) is 5.91 Å². The van der Waals surface area contributed by atoms with E-state index in [0.29, 0.717) is 12.0 Å². The number of carbonyl (C=O) groups excluding carboxylic acids is 1. The molecule has 0 aromatic carbocycles. The summed E-state index contributed by atoms with van der Waals surface area (Å²) in [5.74, 6) is 0.777. The number of nitrogens with one attached hydrogen (secondary N) is 1. The third kappa shape index (κ3) is 3.17. The highest BCUT2D eigenvalue weighted by Crippen LogP contribution is 2.05. The van der Waals surface area contributed by atoms with Crippen LogP contribution in [-0.2, 0) is 6.42 Å². The third-order valence-electron chi connectivity index (χ3n) is 2.41. The zero-order valence-corrected chi connectivity index (χ0v) is 9.59. The topological polar surface area (TPSA) is 55.1 Å². The van der Waals surface area contributed by atoms with Crippen molar-refractivity contribution < 1.29 is 9.21 Å². The van der Waals surface area contributed by atoms with E-state index in [0.717, 1.165) is 5.76 Å². The number of aromatic nitrogens is 1. The number of hydrogen-bond donors (Lipinski definition) is 1. The van der Waals surface area contributed by atoms with Gasteiger partial charge >= 0.3 is 0 Å². The number of amides is 1. The smallest absolute Gasteiger partial charge is 0.251 e. The van der Waals surface area contributed by atoms with Gasteiger partial charge in [0, 0.05) is 30.4 Å². The van der Waals surface area contributed by atoms with E-state index in [1.54, 1.807) is 30.8 Å². The maximum absolute atomic E-state index is 11.8. The second-order valence-electron chi connectivity index (χ2n) is 3.89. The first-order valence-corrected chi connectivity index (χ1v) is 5.49. The first-order valence-electron chi connectivity index (χ1n) is 5.49. The maximum atomic E-state index is 11.8. The Labute approximate surface area is 99.7 Å². The Morgan fingerprint density at radius 2 is 2.18 bits per heavy atom. The van der Waals surface area contributed by atoms with E-state index >= 15 is 0 Å². The van der Waals surface area contributed by atoms with E-state index < -0.39 is 0 Å². The van der Waals surface area contributed by atoms with Gasteiger partial charge in [-0.1, -0.05) is 0 Å². The summed E-state index contributed by atoms with van der Waals surface area (Å²) in [6.07, 6.45) is 5.52. The molecule has 88 valence electrons. The minimum absolute atomic E-state index is 0.0295. The minimum atomic E-state index is -0.0912. The van der Waals surface area contributed by atoms with Crippen molar-refractivity contribution in [2.24, 2.45) is 0 Å². The van der Waals surface area contributed by atoms with Crippen LogP contribution in [0.1, 0.15) is 23.0 Å². The number of rotatable bonds is 4. The lowest BCUT2D eigenvalue weighted by molar-refractivity contribution is 0.0939. The van der Waals surface area contributed by atoms with E-state index in [1.165, 1.54) is 0 Å². The number of nitrogens with zero attached hydrogens (tertiary/aromatic N) is 1. The summed E-state index contributed by atoms with van der Waals surface area (Å²) in [5.41, 5.74) is 0.617. The van der Waals surface area contributed by atoms with Crippen LogP contribution >= 0.6 is 0 Å². The molecule has 0 aliphatic carbocycles. The molecule has 1 amide bonds. The predicted octanol–water partition coefficient (Wildman–Crippen LogP) is 2.04. The lowest BCUT2D eigenvalue weighted by atomic mass is 10.1. The van der Waals surface area contributed by atoms with Gasteiger partial charge in [-0.25, -0.2) is 0 Å². The monoisotopic (exact) mass is 230 g/mol. The van der Waals surface area contributed by atoms with Crippen LogP contribution in [0, 0.1) is 0 Å². The number of pyridine rings is 1. The van der Waals surface area contributed by atoms with Crippen LogP contribution in [0.4, 0.5) is 0 Å². The molecule has 0 aliphatic heterocycles. The second kappa shape index (κ2) is 5.30. The molecule has 2 aromatic heterocycles. The van der Waals surface area contributed by atoms with Gasteiger partial charge in [0.2, 0.25) is 0 Å². The summed E-state index contributed by atoms with van der Waals surface area (Å²) in [7, 11) is 0. The van der Waals surface area contributed by atoms with Gasteiger partial charge in [-0.15, -0.1) is 0 Å². The van der Waals surface area contributed by atoms with Crippen LogP contribution in [0.15, 0.2) is 47.3 Å². The van der Waals surface area contributed by atoms with Gasteiger partial charge < -0.3 is 9.73 Å². The molecule has 2 heterocycles. The fourth-order valence-electron chi connectivity index (χ4n) is 1.59. The summed E-state index contributed by atoms with van der Waals surface area (Å²) < 4.78 is 5.23. The van der Waals surface area contributed by atoms with Crippen molar-refractivity contribution >= 4 is 5.91 Å². The first kappa shape index (κ1) is 11.4. The molecule has 1 unspecified atom stereocenters. The molecular formula is C13H14N2O2. The van der Waals surface area contributed by atoms with Crippen LogP contribution in [0.5, 0.6) is 0 Å². The Kier molecular flexibility index (Phi) is 3.55. The highest BCUT2D eigenvalue weighted by molar-refractivity contribution is 5.94. The number of hydrogen-bond acceptors (Lipinski definition) is 3. The largest absolute Gasteiger partial charge is 0.469 e. The fourth-order valence-corrected chi connectivity index (χ4v) is 1.59. The van der Waals surface area contributed by atoms with Crippen LogP contribution < -0.4 is 5.32 Å². The highest BCUT2D eigenvalue weighted by atomic mass is 16.3. The van der Waals surface area contributed by atoms with E-state index in [2.05, 4.69) is 10.3 Å². The average Bonchev–Trinajstić information content (AvgIpc) is 2.82. The van der Waals surface area contributed by atoms with Crippen molar-refractivity contribution in [1.82, 2.24) is 10.3 Å². The first-order chi connectivity index (χ1) is 8.25. The summed E-state index contributed by atoms with van der Waals surface area (Å²) in [6.45, 7) is 1.95. The third-order valence-corrected chi connectivity index (χ3v) is 2.41. The predicted molar refractivity (Wildman–Crippen MR) is 63.6 cm³/mol. The number of furan rings is 1. The zero-order chi connectivity index (χ0) is 12.1. The molecule has 2 aromatic rings. The Hall–Kier alpha value is -2.10. The molecule has 17 heavy (non-hydrogen) atoms. The molecule has 0 saturated heterocycles. The van der Waals surface area contributed by atoms with E-state index in [-0.39, 0.29) is 11.9 Å². The molecule has 0 bridgehead atoms. The van der Waals surface area contributed by atoms with Crippen molar-refractivity contribution in [3.63, 3.8) is 0 Å². The van der Waals surface area contributed by atoms with Gasteiger partial charge in [0.05, 0.1) is 6.26 Å². The maximum Gasteiger partial charge on any atom is 0.251 e. The van der Waals surface area contributed by atoms with Crippen molar-refractivity contribution in [1.29, 1.82) is 0 Å². The molecule has 2 rings (SSSR count). The molecule has 0 spiro atoms. The summed E-state index contributed by atoms with van der Waals surface area (Å²) in [4.78, 5) is 15.7. The van der Waals surface area contributed by atoms with E-state index in [4.69, 9.17) is 4.42 Å². The number of carbonyl (C=O) groups is 1.